The van der Waals surface area contributed by atoms with Gasteiger partial charge in [-0.2, -0.15) is 10.1 Å². The quantitative estimate of drug-likeness (QED) is 0.104. The van der Waals surface area contributed by atoms with Crippen molar-refractivity contribution in [1.29, 1.82) is 0 Å². The molecule has 6 N–H and O–H groups in total. The Morgan fingerprint density at radius 1 is 0.951 bits per heavy atom. The summed E-state index contributed by atoms with van der Waals surface area (Å²) in [5.74, 6) is 0.953. The predicted molar refractivity (Wildman–Crippen MR) is 152 cm³/mol. The van der Waals surface area contributed by atoms with Gasteiger partial charge in [0.25, 0.3) is 0 Å². The van der Waals surface area contributed by atoms with Crippen molar-refractivity contribution in [2.24, 2.45) is 10.8 Å². The molecule has 2 amide bonds. The number of urea groups is 1. The van der Waals surface area contributed by atoms with Crippen LogP contribution >= 0.6 is 0 Å². The Hall–Kier alpha value is -5.53. The molecule has 4 rings (SSSR count). The van der Waals surface area contributed by atoms with Crippen LogP contribution in [0.4, 0.5) is 52.5 Å². The molecule has 1 heterocycles. The highest BCUT2D eigenvalue weighted by Crippen LogP contribution is 2.26. The standard InChI is InChI=1S/C27H26F3N9O2/c1-32-38-24(31)17-4-3-5-20(16-17)34-25-33-15-14-23(37-25)39(2)21-10-6-18(7-11-21)35-26(40)36-19-8-12-22(13-9-19)41-27(28,29)30/h3-16,32H,1-2H3,(H2,31,38)(H,33,34,37)(H2,35,36,40). The zero-order chi connectivity index (χ0) is 29.4. The number of aromatic nitrogens is 2. The van der Waals surface area contributed by atoms with Gasteiger partial charge in [0.15, 0.2) is 5.84 Å². The second-order valence-corrected chi connectivity index (χ2v) is 8.42. The van der Waals surface area contributed by atoms with Crippen molar-refractivity contribution in [1.82, 2.24) is 15.4 Å². The monoisotopic (exact) mass is 565 g/mol. The minimum absolute atomic E-state index is 0.294. The number of nitrogens with two attached hydrogens (primary N) is 1. The summed E-state index contributed by atoms with van der Waals surface area (Å²) >= 11 is 0. The number of hydrogen-bond acceptors (Lipinski definition) is 8. The number of nitrogens with zero attached hydrogens (tertiary/aromatic N) is 4. The predicted octanol–water partition coefficient (Wildman–Crippen LogP) is 5.37. The highest BCUT2D eigenvalue weighted by atomic mass is 19.4. The lowest BCUT2D eigenvalue weighted by atomic mass is 10.2. The van der Waals surface area contributed by atoms with Gasteiger partial charge in [-0.3, -0.25) is 0 Å². The lowest BCUT2D eigenvalue weighted by Gasteiger charge is -2.19. The van der Waals surface area contributed by atoms with Crippen molar-refractivity contribution in [3.63, 3.8) is 0 Å². The summed E-state index contributed by atoms with van der Waals surface area (Å²) in [6.45, 7) is 0. The zero-order valence-corrected chi connectivity index (χ0v) is 21.9. The fraction of sp³-hybridized carbons (Fsp3) is 0.111. The normalized spacial score (nSPS) is 11.4. The summed E-state index contributed by atoms with van der Waals surface area (Å²) in [6, 6.07) is 20.4. The first-order valence-corrected chi connectivity index (χ1v) is 12.1. The minimum atomic E-state index is -4.79. The van der Waals surface area contributed by atoms with Crippen LogP contribution in [0.15, 0.2) is 90.2 Å². The van der Waals surface area contributed by atoms with E-state index in [4.69, 9.17) is 5.73 Å². The number of benzene rings is 3. The SMILES string of the molecule is CN/N=C(\N)c1cccc(Nc2nccc(N(C)c3ccc(NC(=O)Nc4ccc(OC(F)(F)F)cc4)cc3)n2)c1. The van der Waals surface area contributed by atoms with Crippen LogP contribution in [0, 0.1) is 0 Å². The molecule has 0 radical (unpaired) electrons. The molecule has 0 aliphatic rings. The Labute approximate surface area is 233 Å². The minimum Gasteiger partial charge on any atom is -0.406 e. The fourth-order valence-corrected chi connectivity index (χ4v) is 3.60. The highest BCUT2D eigenvalue weighted by Gasteiger charge is 2.31. The van der Waals surface area contributed by atoms with Gasteiger partial charge in [0.1, 0.15) is 11.6 Å². The van der Waals surface area contributed by atoms with Crippen LogP contribution in [-0.2, 0) is 0 Å². The Balaban J connectivity index is 1.36. The average molecular weight is 566 g/mol. The molecule has 0 spiro atoms. The van der Waals surface area contributed by atoms with E-state index in [-0.39, 0.29) is 5.75 Å². The van der Waals surface area contributed by atoms with Gasteiger partial charge >= 0.3 is 12.4 Å². The third kappa shape index (κ3) is 8.23. The molecule has 1 aromatic heterocycles. The zero-order valence-electron chi connectivity index (χ0n) is 21.9. The number of halogens is 3. The topological polar surface area (TPSA) is 142 Å². The number of hydrogen-bond donors (Lipinski definition) is 5. The van der Waals surface area contributed by atoms with E-state index in [0.29, 0.717) is 29.0 Å². The highest BCUT2D eigenvalue weighted by molar-refractivity contribution is 6.00. The number of carbonyl (C=O) groups excluding carboxylic acids is 1. The molecule has 0 bridgehead atoms. The van der Waals surface area contributed by atoms with E-state index in [9.17, 15) is 18.0 Å². The van der Waals surface area contributed by atoms with E-state index in [1.54, 1.807) is 43.6 Å². The number of anilines is 6. The van der Waals surface area contributed by atoms with Crippen molar-refractivity contribution in [2.45, 2.75) is 6.36 Å². The molecular weight excluding hydrogens is 539 g/mol. The molecule has 41 heavy (non-hydrogen) atoms. The van der Waals surface area contributed by atoms with Gasteiger partial charge in [0.05, 0.1) is 0 Å². The number of alkyl halides is 3. The van der Waals surface area contributed by atoms with Gasteiger partial charge in [-0.05, 0) is 66.7 Å². The van der Waals surface area contributed by atoms with E-state index >= 15 is 0 Å². The summed E-state index contributed by atoms with van der Waals surface area (Å²) < 4.78 is 40.7. The maximum atomic E-state index is 12.3. The van der Waals surface area contributed by atoms with Crippen LogP contribution < -0.4 is 36.7 Å². The van der Waals surface area contributed by atoms with E-state index in [1.165, 1.54) is 12.1 Å². The summed E-state index contributed by atoms with van der Waals surface area (Å²) in [7, 11) is 3.50. The van der Waals surface area contributed by atoms with Gasteiger partial charge in [-0.15, -0.1) is 13.2 Å². The summed E-state index contributed by atoms with van der Waals surface area (Å²) in [5.41, 5.74) is 11.7. The van der Waals surface area contributed by atoms with Crippen molar-refractivity contribution < 1.29 is 22.7 Å². The molecule has 11 nitrogen and oxygen atoms in total. The Morgan fingerprint density at radius 2 is 1.61 bits per heavy atom. The number of amidine groups is 1. The lowest BCUT2D eigenvalue weighted by Crippen LogP contribution is -2.20. The van der Waals surface area contributed by atoms with E-state index < -0.39 is 12.4 Å². The number of nitrogens with one attached hydrogen (secondary N) is 4. The first-order valence-electron chi connectivity index (χ1n) is 12.1. The molecule has 0 atom stereocenters. The number of amides is 2. The van der Waals surface area contributed by atoms with Crippen molar-refractivity contribution in [3.8, 4) is 5.75 Å². The number of carbonyl (C=O) groups is 1. The number of ether oxygens (including phenoxy) is 1. The maximum Gasteiger partial charge on any atom is 0.573 e. The fourth-order valence-electron chi connectivity index (χ4n) is 3.60. The molecule has 0 fully saturated rings. The second kappa shape index (κ2) is 12.5. The van der Waals surface area contributed by atoms with Gasteiger partial charge < -0.3 is 36.7 Å². The van der Waals surface area contributed by atoms with Gasteiger partial charge in [0, 0.05) is 48.6 Å². The number of hydrazone groups is 1. The summed E-state index contributed by atoms with van der Waals surface area (Å²) in [4.78, 5) is 23.0. The maximum absolute atomic E-state index is 12.3. The summed E-state index contributed by atoms with van der Waals surface area (Å²) in [6.07, 6.45) is -3.16. The van der Waals surface area contributed by atoms with Crippen LogP contribution in [0.5, 0.6) is 5.75 Å². The van der Waals surface area contributed by atoms with E-state index in [1.807, 2.05) is 36.2 Å². The third-order valence-electron chi connectivity index (χ3n) is 5.49. The van der Waals surface area contributed by atoms with Crippen molar-refractivity contribution in [2.75, 3.05) is 34.9 Å². The summed E-state index contributed by atoms with van der Waals surface area (Å²) in [5, 5.41) is 12.4. The Kier molecular flexibility index (Phi) is 8.72. The first kappa shape index (κ1) is 28.5. The van der Waals surface area contributed by atoms with Crippen LogP contribution in [-0.4, -0.2) is 42.3 Å². The van der Waals surface area contributed by atoms with E-state index in [2.05, 4.69) is 41.2 Å². The smallest absolute Gasteiger partial charge is 0.406 e. The lowest BCUT2D eigenvalue weighted by molar-refractivity contribution is -0.274. The third-order valence-corrected chi connectivity index (χ3v) is 5.49. The number of rotatable bonds is 9. The molecule has 0 aliphatic carbocycles. The second-order valence-electron chi connectivity index (χ2n) is 8.42. The molecule has 212 valence electrons. The van der Waals surface area contributed by atoms with Crippen LogP contribution in [0.3, 0.4) is 0 Å². The van der Waals surface area contributed by atoms with Crippen LogP contribution in [0.2, 0.25) is 0 Å². The molecule has 4 aromatic rings. The molecule has 0 unspecified atom stereocenters. The average Bonchev–Trinajstić information content (AvgIpc) is 2.94. The van der Waals surface area contributed by atoms with Gasteiger partial charge in [-0.25, -0.2) is 9.78 Å². The first-order chi connectivity index (χ1) is 19.6. The van der Waals surface area contributed by atoms with Crippen LogP contribution in [0.25, 0.3) is 0 Å². The molecule has 3 aromatic carbocycles. The van der Waals surface area contributed by atoms with Crippen LogP contribution in [0.1, 0.15) is 5.56 Å². The molecule has 0 saturated carbocycles. The molecular formula is C27H26F3N9O2. The van der Waals surface area contributed by atoms with E-state index in [0.717, 1.165) is 29.1 Å². The van der Waals surface area contributed by atoms with Crippen molar-refractivity contribution in [3.05, 3.63) is 90.6 Å². The van der Waals surface area contributed by atoms with Crippen molar-refractivity contribution >= 4 is 46.4 Å². The van der Waals surface area contributed by atoms with Gasteiger partial charge in [-0.1, -0.05) is 12.1 Å². The largest absolute Gasteiger partial charge is 0.573 e. The molecule has 0 aliphatic heterocycles. The van der Waals surface area contributed by atoms with Gasteiger partial charge in [0.2, 0.25) is 5.95 Å². The molecule has 14 heteroatoms. The Bertz CT molecular complexity index is 1510. The Morgan fingerprint density at radius 3 is 2.24 bits per heavy atom. The molecule has 0 saturated heterocycles.